The third-order valence-electron chi connectivity index (χ3n) is 3.81. The van der Waals surface area contributed by atoms with Gasteiger partial charge in [-0.1, -0.05) is 20.3 Å². The second-order valence-electron chi connectivity index (χ2n) is 5.38. The van der Waals surface area contributed by atoms with Crippen molar-refractivity contribution in [2.75, 3.05) is 13.1 Å². The van der Waals surface area contributed by atoms with Crippen molar-refractivity contribution in [3.8, 4) is 0 Å². The Kier molecular flexibility index (Phi) is 4.78. The largest absolute Gasteiger partial charge is 0.480 e. The van der Waals surface area contributed by atoms with Crippen molar-refractivity contribution in [1.82, 2.24) is 4.90 Å². The summed E-state index contributed by atoms with van der Waals surface area (Å²) in [7, 11) is 0. The smallest absolute Gasteiger partial charge is 0.323 e. The summed E-state index contributed by atoms with van der Waals surface area (Å²) in [6, 6.07) is 0. The lowest BCUT2D eigenvalue weighted by Crippen LogP contribution is -2.56. The van der Waals surface area contributed by atoms with Gasteiger partial charge in [0.25, 0.3) is 0 Å². The van der Waals surface area contributed by atoms with Gasteiger partial charge < -0.3 is 5.11 Å². The first-order chi connectivity index (χ1) is 7.50. The Morgan fingerprint density at radius 3 is 2.75 bits per heavy atom. The Bertz CT molecular complexity index is 242. The number of aliphatic carboxylic acids is 1. The maximum Gasteiger partial charge on any atom is 0.323 e. The van der Waals surface area contributed by atoms with Crippen LogP contribution < -0.4 is 0 Å². The van der Waals surface area contributed by atoms with Gasteiger partial charge in [0.15, 0.2) is 0 Å². The zero-order valence-electron chi connectivity index (χ0n) is 10.8. The summed E-state index contributed by atoms with van der Waals surface area (Å²) in [5, 5.41) is 9.37. The molecule has 0 amide bonds. The summed E-state index contributed by atoms with van der Waals surface area (Å²) in [5.74, 6) is -0.0577. The highest BCUT2D eigenvalue weighted by atomic mass is 16.4. The highest BCUT2D eigenvalue weighted by Crippen LogP contribution is 2.29. The predicted molar refractivity (Wildman–Crippen MR) is 65.5 cm³/mol. The van der Waals surface area contributed by atoms with Crippen molar-refractivity contribution in [3.63, 3.8) is 0 Å². The van der Waals surface area contributed by atoms with Gasteiger partial charge in [-0.05, 0) is 45.1 Å². The molecule has 0 spiro atoms. The van der Waals surface area contributed by atoms with E-state index in [-0.39, 0.29) is 0 Å². The lowest BCUT2D eigenvalue weighted by molar-refractivity contribution is -0.153. The lowest BCUT2D eigenvalue weighted by atomic mass is 9.87. The van der Waals surface area contributed by atoms with E-state index in [1.165, 1.54) is 12.8 Å². The first kappa shape index (κ1) is 13.5. The minimum atomic E-state index is -0.657. The second kappa shape index (κ2) is 5.67. The molecule has 3 heteroatoms. The van der Waals surface area contributed by atoms with Crippen LogP contribution in [-0.2, 0) is 4.79 Å². The number of nitrogens with zero attached hydrogens (tertiary/aromatic N) is 1. The van der Waals surface area contributed by atoms with E-state index >= 15 is 0 Å². The number of carboxylic acids is 1. The molecule has 3 nitrogen and oxygen atoms in total. The third-order valence-corrected chi connectivity index (χ3v) is 3.81. The molecular weight excluding hydrogens is 202 g/mol. The van der Waals surface area contributed by atoms with Crippen molar-refractivity contribution < 1.29 is 9.90 Å². The van der Waals surface area contributed by atoms with E-state index in [0.717, 1.165) is 32.4 Å². The Hall–Kier alpha value is -0.570. The van der Waals surface area contributed by atoms with Gasteiger partial charge in [0, 0.05) is 6.54 Å². The Morgan fingerprint density at radius 2 is 2.19 bits per heavy atom. The molecule has 0 aromatic heterocycles. The van der Waals surface area contributed by atoms with Gasteiger partial charge in [-0.2, -0.15) is 0 Å². The van der Waals surface area contributed by atoms with E-state index in [0.29, 0.717) is 5.92 Å². The van der Waals surface area contributed by atoms with Gasteiger partial charge in [-0.25, -0.2) is 0 Å². The minimum absolute atomic E-state index is 0.599. The lowest BCUT2D eigenvalue weighted by Gasteiger charge is -2.42. The maximum absolute atomic E-state index is 11.4. The molecule has 1 heterocycles. The van der Waals surface area contributed by atoms with Gasteiger partial charge in [0.2, 0.25) is 0 Å². The minimum Gasteiger partial charge on any atom is -0.480 e. The molecule has 1 N–H and O–H groups in total. The molecule has 0 bridgehead atoms. The standard InChI is InChI=1S/C13H25NO2/c1-4-7-11(2)10-14-9-6-5-8-13(14,3)12(15)16/h11H,4-10H2,1-3H3,(H,15,16). The van der Waals surface area contributed by atoms with E-state index < -0.39 is 11.5 Å². The molecule has 94 valence electrons. The van der Waals surface area contributed by atoms with E-state index in [1.807, 2.05) is 6.92 Å². The van der Waals surface area contributed by atoms with Crippen LogP contribution in [0.4, 0.5) is 0 Å². The molecule has 1 fully saturated rings. The molecule has 0 radical (unpaired) electrons. The van der Waals surface area contributed by atoms with Gasteiger partial charge in [-0.3, -0.25) is 9.69 Å². The summed E-state index contributed by atoms with van der Waals surface area (Å²) in [4.78, 5) is 13.6. The van der Waals surface area contributed by atoms with Crippen LogP contribution in [0.3, 0.4) is 0 Å². The molecule has 0 aliphatic carbocycles. The predicted octanol–water partition coefficient (Wildman–Crippen LogP) is 2.75. The van der Waals surface area contributed by atoms with Crippen molar-refractivity contribution >= 4 is 5.97 Å². The molecule has 0 saturated carbocycles. The molecule has 1 rings (SSSR count). The maximum atomic E-state index is 11.4. The van der Waals surface area contributed by atoms with Crippen LogP contribution in [0.5, 0.6) is 0 Å². The highest BCUT2D eigenvalue weighted by Gasteiger charge is 2.41. The first-order valence-corrected chi connectivity index (χ1v) is 6.49. The molecule has 0 aromatic rings. The van der Waals surface area contributed by atoms with Gasteiger partial charge in [0.1, 0.15) is 5.54 Å². The summed E-state index contributed by atoms with van der Waals surface area (Å²) < 4.78 is 0. The SMILES string of the molecule is CCCC(C)CN1CCCCC1(C)C(=O)O. The van der Waals surface area contributed by atoms with Crippen molar-refractivity contribution in [2.24, 2.45) is 5.92 Å². The van der Waals surface area contributed by atoms with E-state index in [2.05, 4.69) is 18.7 Å². The number of carbonyl (C=O) groups is 1. The average Bonchev–Trinajstić information content (AvgIpc) is 2.21. The number of rotatable bonds is 5. The molecule has 1 saturated heterocycles. The summed E-state index contributed by atoms with van der Waals surface area (Å²) in [6.45, 7) is 8.16. The Balaban J connectivity index is 2.64. The molecule has 2 unspecified atom stereocenters. The van der Waals surface area contributed by atoms with Crippen molar-refractivity contribution in [1.29, 1.82) is 0 Å². The summed E-state index contributed by atoms with van der Waals surface area (Å²) >= 11 is 0. The van der Waals surface area contributed by atoms with E-state index in [1.54, 1.807) is 0 Å². The van der Waals surface area contributed by atoms with Crippen LogP contribution in [0.1, 0.15) is 52.9 Å². The van der Waals surface area contributed by atoms with Gasteiger partial charge in [0.05, 0.1) is 0 Å². The quantitative estimate of drug-likeness (QED) is 0.785. The zero-order valence-corrected chi connectivity index (χ0v) is 10.8. The number of hydrogen-bond acceptors (Lipinski definition) is 2. The van der Waals surface area contributed by atoms with Gasteiger partial charge >= 0.3 is 5.97 Å². The highest BCUT2D eigenvalue weighted by molar-refractivity contribution is 5.78. The molecule has 2 atom stereocenters. The van der Waals surface area contributed by atoms with Crippen LogP contribution >= 0.6 is 0 Å². The Morgan fingerprint density at radius 1 is 1.50 bits per heavy atom. The third kappa shape index (κ3) is 2.97. The normalized spacial score (nSPS) is 28.9. The number of likely N-dealkylation sites (tertiary alicyclic amines) is 1. The topological polar surface area (TPSA) is 40.5 Å². The number of hydrogen-bond donors (Lipinski definition) is 1. The Labute approximate surface area is 98.8 Å². The van der Waals surface area contributed by atoms with Crippen LogP contribution in [0.25, 0.3) is 0 Å². The van der Waals surface area contributed by atoms with Crippen LogP contribution in [0, 0.1) is 5.92 Å². The van der Waals surface area contributed by atoms with Crippen LogP contribution in [0.2, 0.25) is 0 Å². The first-order valence-electron chi connectivity index (χ1n) is 6.49. The van der Waals surface area contributed by atoms with E-state index in [4.69, 9.17) is 0 Å². The fourth-order valence-corrected chi connectivity index (χ4v) is 2.67. The summed E-state index contributed by atoms with van der Waals surface area (Å²) in [5.41, 5.74) is -0.625. The van der Waals surface area contributed by atoms with Crippen LogP contribution in [0.15, 0.2) is 0 Å². The molecular formula is C13H25NO2. The van der Waals surface area contributed by atoms with Gasteiger partial charge in [-0.15, -0.1) is 0 Å². The summed E-state index contributed by atoms with van der Waals surface area (Å²) in [6.07, 6.45) is 5.34. The fraction of sp³-hybridized carbons (Fsp3) is 0.923. The average molecular weight is 227 g/mol. The molecule has 1 aliphatic heterocycles. The number of carboxylic acid groups (broad SMARTS) is 1. The molecule has 16 heavy (non-hydrogen) atoms. The fourth-order valence-electron chi connectivity index (χ4n) is 2.67. The van der Waals surface area contributed by atoms with E-state index in [9.17, 15) is 9.90 Å². The second-order valence-corrected chi connectivity index (χ2v) is 5.38. The monoisotopic (exact) mass is 227 g/mol. The molecule has 1 aliphatic rings. The number of piperidine rings is 1. The molecule has 0 aromatic carbocycles. The van der Waals surface area contributed by atoms with Crippen molar-refractivity contribution in [2.45, 2.75) is 58.4 Å². The van der Waals surface area contributed by atoms with Crippen molar-refractivity contribution in [3.05, 3.63) is 0 Å². The zero-order chi connectivity index (χ0) is 12.2. The van der Waals surface area contributed by atoms with Crippen LogP contribution in [-0.4, -0.2) is 34.6 Å².